The number of nitrogens with one attached hydrogen (secondary N) is 1. The number of unbranched alkanes of at least 4 members (excludes halogenated alkanes) is 1. The number of thiophene rings is 1. The van der Waals surface area contributed by atoms with E-state index in [1.54, 1.807) is 12.1 Å². The van der Waals surface area contributed by atoms with Gasteiger partial charge in [0.2, 0.25) is 5.91 Å². The third-order valence-corrected chi connectivity index (χ3v) is 6.22. The fraction of sp³-hybridized carbons (Fsp3) is 0.455. The van der Waals surface area contributed by atoms with Crippen molar-refractivity contribution in [2.24, 2.45) is 0 Å². The Morgan fingerprint density at radius 2 is 1.97 bits per heavy atom. The molecule has 7 heteroatoms. The Morgan fingerprint density at radius 1 is 1.24 bits per heavy atom. The fourth-order valence-electron chi connectivity index (χ4n) is 3.42. The molecular weight excluding hydrogens is 390 g/mol. The average molecular weight is 418 g/mol. The van der Waals surface area contributed by atoms with Crippen molar-refractivity contribution in [2.75, 3.05) is 6.61 Å². The molecule has 1 aromatic carbocycles. The Labute approximate surface area is 174 Å². The summed E-state index contributed by atoms with van der Waals surface area (Å²) >= 11 is 1.19. The van der Waals surface area contributed by atoms with Gasteiger partial charge in [0.1, 0.15) is 11.0 Å². The van der Waals surface area contributed by atoms with Crippen LogP contribution in [0.5, 0.6) is 0 Å². The molecule has 3 rings (SSSR count). The fourth-order valence-corrected chi connectivity index (χ4v) is 4.35. The first-order chi connectivity index (χ1) is 14.0. The Kier molecular flexibility index (Phi) is 7.41. The Bertz CT molecular complexity index is 832. The van der Waals surface area contributed by atoms with Crippen molar-refractivity contribution in [1.29, 1.82) is 0 Å². The molecule has 1 amide bonds. The molecule has 2 heterocycles. The topological polar surface area (TPSA) is 95.9 Å². The molecule has 2 unspecified atom stereocenters. The third-order valence-electron chi connectivity index (χ3n) is 5.10. The second kappa shape index (κ2) is 10.0. The van der Waals surface area contributed by atoms with E-state index in [0.717, 1.165) is 41.7 Å². The molecule has 3 N–H and O–H groups in total. The summed E-state index contributed by atoms with van der Waals surface area (Å²) in [5, 5.41) is 22.4. The summed E-state index contributed by atoms with van der Waals surface area (Å²) in [6.07, 6.45) is 3.06. The number of benzene rings is 1. The van der Waals surface area contributed by atoms with E-state index in [-0.39, 0.29) is 16.8 Å². The van der Waals surface area contributed by atoms with Crippen molar-refractivity contribution >= 4 is 23.2 Å². The van der Waals surface area contributed by atoms with E-state index >= 15 is 0 Å². The lowest BCUT2D eigenvalue weighted by Crippen LogP contribution is -2.30. The minimum absolute atomic E-state index is 0.0287. The van der Waals surface area contributed by atoms with E-state index in [1.165, 1.54) is 11.3 Å². The van der Waals surface area contributed by atoms with Crippen LogP contribution < -0.4 is 5.32 Å². The van der Waals surface area contributed by atoms with Gasteiger partial charge in [-0.2, -0.15) is 0 Å². The number of aliphatic hydroxyl groups excluding tert-OH is 1. The Balaban J connectivity index is 1.77. The van der Waals surface area contributed by atoms with Gasteiger partial charge in [-0.3, -0.25) is 4.79 Å². The van der Waals surface area contributed by atoms with E-state index in [9.17, 15) is 19.8 Å². The van der Waals surface area contributed by atoms with Gasteiger partial charge in [0.05, 0.1) is 18.8 Å². The van der Waals surface area contributed by atoms with Crippen molar-refractivity contribution in [3.63, 3.8) is 0 Å². The van der Waals surface area contributed by atoms with Crippen LogP contribution in [0.3, 0.4) is 0 Å². The second-order valence-corrected chi connectivity index (χ2v) is 8.46. The molecule has 0 radical (unpaired) electrons. The average Bonchev–Trinajstić information content (AvgIpc) is 3.36. The van der Waals surface area contributed by atoms with Crippen LogP contribution in [0.4, 0.5) is 0 Å². The lowest BCUT2D eigenvalue weighted by Gasteiger charge is -2.20. The molecule has 156 valence electrons. The summed E-state index contributed by atoms with van der Waals surface area (Å²) in [5.74, 6) is -0.928. The van der Waals surface area contributed by atoms with Gasteiger partial charge in [-0.05, 0) is 36.1 Å². The van der Waals surface area contributed by atoms with Gasteiger partial charge >= 0.3 is 5.97 Å². The largest absolute Gasteiger partial charge is 0.477 e. The number of carbonyl (C=O) groups excluding carboxylic acids is 1. The summed E-state index contributed by atoms with van der Waals surface area (Å²) in [6, 6.07) is 11.0. The maximum Gasteiger partial charge on any atom is 0.345 e. The molecule has 0 aliphatic carbocycles. The molecule has 0 bridgehead atoms. The van der Waals surface area contributed by atoms with E-state index in [0.29, 0.717) is 13.0 Å². The van der Waals surface area contributed by atoms with Crippen LogP contribution in [0.2, 0.25) is 0 Å². The lowest BCUT2D eigenvalue weighted by molar-refractivity contribution is -0.119. The van der Waals surface area contributed by atoms with Gasteiger partial charge in [0.15, 0.2) is 0 Å². The van der Waals surface area contributed by atoms with Crippen LogP contribution in [-0.4, -0.2) is 34.7 Å². The molecule has 1 fully saturated rings. The number of carboxylic acid groups (broad SMARTS) is 1. The highest BCUT2D eigenvalue weighted by molar-refractivity contribution is 7.14. The quantitative estimate of drug-likeness (QED) is 0.542. The number of hydrogen-bond acceptors (Lipinski definition) is 5. The molecule has 3 atom stereocenters. The molecule has 29 heavy (non-hydrogen) atoms. The van der Waals surface area contributed by atoms with Crippen LogP contribution in [0.15, 0.2) is 36.4 Å². The van der Waals surface area contributed by atoms with E-state index < -0.39 is 18.2 Å². The first-order valence-electron chi connectivity index (χ1n) is 9.99. The zero-order chi connectivity index (χ0) is 20.8. The zero-order valence-electron chi connectivity index (χ0n) is 16.5. The monoisotopic (exact) mass is 417 g/mol. The van der Waals surface area contributed by atoms with Gasteiger partial charge < -0.3 is 20.3 Å². The Morgan fingerprint density at radius 3 is 2.55 bits per heavy atom. The number of hydrogen-bond donors (Lipinski definition) is 3. The van der Waals surface area contributed by atoms with Crippen LogP contribution in [0.1, 0.15) is 76.9 Å². The standard InChI is InChI=1S/C22H27NO5S/c1-2-3-4-17(24)14-5-7-15(8-6-14)21(18-10-11-19(29-18)22(26)27)28-13-16-9-12-20(25)23-16/h5-8,10-11,16-17,21,24H,2-4,9,12-13H2,1H3,(H,23,25)(H,26,27)/t16?,17?,21-/m1/s1. The van der Waals surface area contributed by atoms with Crippen molar-refractivity contribution in [2.45, 2.75) is 57.3 Å². The number of carbonyl (C=O) groups is 2. The normalized spacial score (nSPS) is 18.4. The first-order valence-corrected chi connectivity index (χ1v) is 10.8. The van der Waals surface area contributed by atoms with Gasteiger partial charge in [-0.1, -0.05) is 44.0 Å². The van der Waals surface area contributed by atoms with Crippen molar-refractivity contribution in [3.05, 3.63) is 57.3 Å². The number of carboxylic acids is 1. The summed E-state index contributed by atoms with van der Waals surface area (Å²) in [7, 11) is 0. The highest BCUT2D eigenvalue weighted by Gasteiger charge is 2.25. The van der Waals surface area contributed by atoms with Crippen LogP contribution in [-0.2, 0) is 9.53 Å². The zero-order valence-corrected chi connectivity index (χ0v) is 17.3. The second-order valence-electron chi connectivity index (χ2n) is 7.35. The maximum absolute atomic E-state index is 11.4. The van der Waals surface area contributed by atoms with E-state index in [1.807, 2.05) is 24.3 Å². The number of ether oxygens (including phenoxy) is 1. The van der Waals surface area contributed by atoms with Gasteiger partial charge in [0.25, 0.3) is 0 Å². The van der Waals surface area contributed by atoms with Crippen molar-refractivity contribution in [3.8, 4) is 0 Å². The number of amides is 1. The summed E-state index contributed by atoms with van der Waals surface area (Å²) in [6.45, 7) is 2.45. The molecule has 1 aliphatic rings. The highest BCUT2D eigenvalue weighted by Crippen LogP contribution is 2.33. The number of aromatic carboxylic acids is 1. The minimum atomic E-state index is -0.961. The smallest absolute Gasteiger partial charge is 0.345 e. The van der Waals surface area contributed by atoms with Crippen LogP contribution in [0, 0.1) is 0 Å². The van der Waals surface area contributed by atoms with E-state index in [2.05, 4.69) is 12.2 Å². The van der Waals surface area contributed by atoms with Crippen LogP contribution >= 0.6 is 11.3 Å². The van der Waals surface area contributed by atoms with Crippen molar-refractivity contribution < 1.29 is 24.5 Å². The summed E-state index contributed by atoms with van der Waals surface area (Å²) < 4.78 is 6.15. The molecule has 2 aromatic rings. The number of aliphatic hydroxyl groups is 1. The van der Waals surface area contributed by atoms with Gasteiger partial charge in [-0.15, -0.1) is 11.3 Å². The predicted octanol–water partition coefficient (Wildman–Crippen LogP) is 4.05. The van der Waals surface area contributed by atoms with Gasteiger partial charge in [-0.25, -0.2) is 4.79 Å². The lowest BCUT2D eigenvalue weighted by atomic mass is 10.00. The Hall–Kier alpha value is -2.22. The van der Waals surface area contributed by atoms with Crippen LogP contribution in [0.25, 0.3) is 0 Å². The molecular formula is C22H27NO5S. The van der Waals surface area contributed by atoms with E-state index in [4.69, 9.17) is 4.74 Å². The maximum atomic E-state index is 11.4. The molecule has 1 saturated heterocycles. The molecule has 1 aliphatic heterocycles. The first kappa shape index (κ1) is 21.5. The highest BCUT2D eigenvalue weighted by atomic mass is 32.1. The molecule has 1 aromatic heterocycles. The third kappa shape index (κ3) is 5.65. The summed E-state index contributed by atoms with van der Waals surface area (Å²) in [5.41, 5.74) is 1.75. The molecule has 0 spiro atoms. The minimum Gasteiger partial charge on any atom is -0.477 e. The SMILES string of the molecule is CCCCC(O)c1ccc([C@@H](OCC2CCC(=O)N2)c2ccc(C(=O)O)s2)cc1. The molecule has 0 saturated carbocycles. The predicted molar refractivity (Wildman–Crippen MR) is 111 cm³/mol. The van der Waals surface area contributed by atoms with Crippen molar-refractivity contribution in [1.82, 2.24) is 5.32 Å². The summed E-state index contributed by atoms with van der Waals surface area (Å²) in [4.78, 5) is 23.8. The number of rotatable bonds is 10. The molecule has 6 nitrogen and oxygen atoms in total. The van der Waals surface area contributed by atoms with Gasteiger partial charge in [0, 0.05) is 11.3 Å².